The molecule has 1 N–H and O–H groups in total. The van der Waals surface area contributed by atoms with Crippen LogP contribution in [0.4, 0.5) is 11.4 Å². The Kier molecular flexibility index (Phi) is 6.42. The molecule has 1 aromatic rings. The predicted molar refractivity (Wildman–Crippen MR) is 86.4 cm³/mol. The van der Waals surface area contributed by atoms with Crippen LogP contribution in [-0.4, -0.2) is 36.0 Å². The molecule has 6 heteroatoms. The number of rotatable bonds is 7. The highest BCUT2D eigenvalue weighted by Gasteiger charge is 2.14. The van der Waals surface area contributed by atoms with E-state index in [4.69, 9.17) is 0 Å². The molecule has 0 saturated carbocycles. The number of nitrogens with one attached hydrogen (secondary N) is 1. The Bertz CT molecular complexity index is 480. The molecule has 1 rings (SSSR count). The van der Waals surface area contributed by atoms with Crippen LogP contribution in [0, 0.1) is 17.0 Å². The van der Waals surface area contributed by atoms with Gasteiger partial charge in [0.1, 0.15) is 0 Å². The zero-order valence-corrected chi connectivity index (χ0v) is 14.0. The van der Waals surface area contributed by atoms with E-state index in [-0.39, 0.29) is 10.6 Å². The summed E-state index contributed by atoms with van der Waals surface area (Å²) in [6, 6.07) is 3.92. The number of likely N-dealkylation sites (N-methyl/N-ethyl adjacent to an activating group) is 1. The minimum Gasteiger partial charge on any atom is -0.383 e. The smallest absolute Gasteiger partial charge is 0.273 e. The monoisotopic (exact) mass is 343 g/mol. The number of nitro benzene ring substituents is 1. The molecule has 0 aliphatic heterocycles. The van der Waals surface area contributed by atoms with Crippen LogP contribution in [-0.2, 0) is 0 Å². The molecular formula is C14H22BrN3O2. The average molecular weight is 344 g/mol. The zero-order chi connectivity index (χ0) is 15.3. The van der Waals surface area contributed by atoms with E-state index in [0.717, 1.165) is 29.7 Å². The van der Waals surface area contributed by atoms with Crippen LogP contribution in [0.1, 0.15) is 25.8 Å². The number of nitrogens with zero attached hydrogens (tertiary/aromatic N) is 2. The maximum Gasteiger partial charge on any atom is 0.273 e. The van der Waals surface area contributed by atoms with E-state index in [0.29, 0.717) is 11.6 Å². The number of halogens is 1. The summed E-state index contributed by atoms with van der Waals surface area (Å²) < 4.78 is 0.723. The Morgan fingerprint density at radius 1 is 1.50 bits per heavy atom. The Labute approximate surface area is 128 Å². The van der Waals surface area contributed by atoms with Crippen molar-refractivity contribution < 1.29 is 4.92 Å². The highest BCUT2D eigenvalue weighted by atomic mass is 79.9. The predicted octanol–water partition coefficient (Wildman–Crippen LogP) is 3.81. The summed E-state index contributed by atoms with van der Waals surface area (Å²) >= 11 is 3.38. The molecule has 5 nitrogen and oxygen atoms in total. The lowest BCUT2D eigenvalue weighted by atomic mass is 10.2. The van der Waals surface area contributed by atoms with Crippen LogP contribution in [0.5, 0.6) is 0 Å². The highest BCUT2D eigenvalue weighted by Crippen LogP contribution is 2.30. The summed E-state index contributed by atoms with van der Waals surface area (Å²) in [5.41, 5.74) is 1.70. The van der Waals surface area contributed by atoms with Crippen molar-refractivity contribution in [1.29, 1.82) is 0 Å². The van der Waals surface area contributed by atoms with E-state index in [2.05, 4.69) is 47.0 Å². The normalized spacial score (nSPS) is 12.5. The largest absolute Gasteiger partial charge is 0.383 e. The van der Waals surface area contributed by atoms with Crippen molar-refractivity contribution in [2.24, 2.45) is 0 Å². The van der Waals surface area contributed by atoms with Gasteiger partial charge in [-0.15, -0.1) is 0 Å². The third-order valence-corrected chi connectivity index (χ3v) is 4.26. The average Bonchev–Trinajstić information content (AvgIpc) is 2.40. The number of hydrogen-bond acceptors (Lipinski definition) is 4. The van der Waals surface area contributed by atoms with Crippen LogP contribution >= 0.6 is 15.9 Å². The third kappa shape index (κ3) is 4.45. The van der Waals surface area contributed by atoms with Gasteiger partial charge >= 0.3 is 0 Å². The summed E-state index contributed by atoms with van der Waals surface area (Å²) in [5.74, 6) is 0. The third-order valence-electron chi connectivity index (χ3n) is 3.61. The molecule has 0 aliphatic carbocycles. The fourth-order valence-electron chi connectivity index (χ4n) is 1.90. The molecule has 0 heterocycles. The van der Waals surface area contributed by atoms with Crippen LogP contribution in [0.25, 0.3) is 0 Å². The summed E-state index contributed by atoms with van der Waals surface area (Å²) in [6.45, 7) is 7.85. The molecule has 1 atom stereocenters. The van der Waals surface area contributed by atoms with Gasteiger partial charge in [-0.2, -0.15) is 0 Å². The number of anilines is 1. The van der Waals surface area contributed by atoms with Crippen molar-refractivity contribution in [3.05, 3.63) is 32.3 Å². The van der Waals surface area contributed by atoms with E-state index < -0.39 is 0 Å². The highest BCUT2D eigenvalue weighted by molar-refractivity contribution is 9.10. The first-order valence-electron chi connectivity index (χ1n) is 6.75. The van der Waals surface area contributed by atoms with Crippen molar-refractivity contribution in [2.45, 2.75) is 33.2 Å². The Morgan fingerprint density at radius 3 is 2.70 bits per heavy atom. The molecule has 0 radical (unpaired) electrons. The van der Waals surface area contributed by atoms with Crippen LogP contribution in [0.2, 0.25) is 0 Å². The van der Waals surface area contributed by atoms with Crippen molar-refractivity contribution >= 4 is 27.3 Å². The lowest BCUT2D eigenvalue weighted by molar-refractivity contribution is -0.385. The van der Waals surface area contributed by atoms with Gasteiger partial charge in [0.2, 0.25) is 0 Å². The summed E-state index contributed by atoms with van der Waals surface area (Å²) in [5, 5.41) is 14.2. The van der Waals surface area contributed by atoms with Gasteiger partial charge < -0.3 is 10.2 Å². The van der Waals surface area contributed by atoms with Gasteiger partial charge in [0.25, 0.3) is 5.69 Å². The second-order valence-electron chi connectivity index (χ2n) is 5.04. The SMILES string of the molecule is CCC(C)N(C)CCNc1cc(C)c([N+](=O)[O-])cc1Br. The first-order valence-corrected chi connectivity index (χ1v) is 7.54. The second kappa shape index (κ2) is 7.59. The first kappa shape index (κ1) is 16.9. The van der Waals surface area contributed by atoms with E-state index in [9.17, 15) is 10.1 Å². The molecule has 0 spiro atoms. The van der Waals surface area contributed by atoms with Crippen molar-refractivity contribution in [2.75, 3.05) is 25.5 Å². The number of nitro groups is 1. The Hall–Kier alpha value is -1.14. The fraction of sp³-hybridized carbons (Fsp3) is 0.571. The molecule has 0 bridgehead atoms. The molecule has 1 unspecified atom stereocenters. The zero-order valence-electron chi connectivity index (χ0n) is 12.4. The minimum atomic E-state index is -0.361. The van der Waals surface area contributed by atoms with Gasteiger partial charge in [-0.1, -0.05) is 6.92 Å². The van der Waals surface area contributed by atoms with Crippen LogP contribution in [0.15, 0.2) is 16.6 Å². The lowest BCUT2D eigenvalue weighted by Crippen LogP contribution is -2.32. The molecule has 1 aromatic carbocycles. The molecule has 0 aliphatic rings. The Balaban J connectivity index is 2.65. The molecule has 0 saturated heterocycles. The van der Waals surface area contributed by atoms with Gasteiger partial charge in [-0.25, -0.2) is 0 Å². The number of aryl methyl sites for hydroxylation is 1. The molecular weight excluding hydrogens is 322 g/mol. The molecule has 0 aromatic heterocycles. The minimum absolute atomic E-state index is 0.138. The van der Waals surface area contributed by atoms with Gasteiger partial charge in [0, 0.05) is 40.9 Å². The summed E-state index contributed by atoms with van der Waals surface area (Å²) in [6.07, 6.45) is 1.12. The maximum atomic E-state index is 10.9. The van der Waals surface area contributed by atoms with E-state index in [1.165, 1.54) is 0 Å². The van der Waals surface area contributed by atoms with Crippen molar-refractivity contribution in [3.63, 3.8) is 0 Å². The van der Waals surface area contributed by atoms with E-state index >= 15 is 0 Å². The molecule has 20 heavy (non-hydrogen) atoms. The molecule has 112 valence electrons. The van der Waals surface area contributed by atoms with Gasteiger partial charge in [-0.3, -0.25) is 10.1 Å². The molecule has 0 fully saturated rings. The second-order valence-corrected chi connectivity index (χ2v) is 5.89. The van der Waals surface area contributed by atoms with Crippen LogP contribution in [0.3, 0.4) is 0 Å². The Morgan fingerprint density at radius 2 is 2.15 bits per heavy atom. The maximum absolute atomic E-state index is 10.9. The first-order chi connectivity index (χ1) is 9.36. The fourth-order valence-corrected chi connectivity index (χ4v) is 2.37. The van der Waals surface area contributed by atoms with Crippen molar-refractivity contribution in [1.82, 2.24) is 4.90 Å². The van der Waals surface area contributed by atoms with Crippen LogP contribution < -0.4 is 5.32 Å². The molecule has 0 amide bonds. The number of hydrogen-bond donors (Lipinski definition) is 1. The van der Waals surface area contributed by atoms with E-state index in [1.54, 1.807) is 13.0 Å². The van der Waals surface area contributed by atoms with Gasteiger partial charge in [0.15, 0.2) is 0 Å². The standard InChI is InChI=1S/C14H22BrN3O2/c1-5-11(3)17(4)7-6-16-13-8-10(2)14(18(19)20)9-12(13)15/h8-9,11,16H,5-7H2,1-4H3. The van der Waals surface area contributed by atoms with Gasteiger partial charge in [0.05, 0.1) is 4.92 Å². The summed E-state index contributed by atoms with van der Waals surface area (Å²) in [4.78, 5) is 12.8. The lowest BCUT2D eigenvalue weighted by Gasteiger charge is -2.23. The number of benzene rings is 1. The van der Waals surface area contributed by atoms with E-state index in [1.807, 2.05) is 6.07 Å². The quantitative estimate of drug-likeness (QED) is 0.604. The van der Waals surface area contributed by atoms with Gasteiger partial charge in [-0.05, 0) is 49.3 Å². The summed E-state index contributed by atoms with van der Waals surface area (Å²) in [7, 11) is 2.10. The van der Waals surface area contributed by atoms with Crippen molar-refractivity contribution in [3.8, 4) is 0 Å². The topological polar surface area (TPSA) is 58.4 Å².